The summed E-state index contributed by atoms with van der Waals surface area (Å²) in [6.45, 7) is 4.03. The molecule has 1 heterocycles. The molecule has 1 aromatic carbocycles. The van der Waals surface area contributed by atoms with Crippen molar-refractivity contribution in [3.05, 3.63) is 30.1 Å². The summed E-state index contributed by atoms with van der Waals surface area (Å²) in [6, 6.07) is 6.21. The van der Waals surface area contributed by atoms with Gasteiger partial charge in [-0.05, 0) is 43.5 Å². The second-order valence-corrected chi connectivity index (χ2v) is 4.93. The summed E-state index contributed by atoms with van der Waals surface area (Å²) in [5.41, 5.74) is 0. The Bertz CT molecular complexity index is 382. The third-order valence-electron chi connectivity index (χ3n) is 3.59. The fourth-order valence-corrected chi connectivity index (χ4v) is 2.51. The first-order chi connectivity index (χ1) is 9.22. The first-order valence-corrected chi connectivity index (χ1v) is 6.92. The largest absolute Gasteiger partial charge is 0.475 e. The average Bonchev–Trinajstić information content (AvgIpc) is 2.46. The number of likely N-dealkylation sites (tertiary alicyclic amines) is 1. The fraction of sp³-hybridized carbons (Fsp3) is 0.600. The molecule has 1 aliphatic rings. The Kier molecular flexibility index (Phi) is 5.16. The summed E-state index contributed by atoms with van der Waals surface area (Å²) < 4.78 is 24.3. The Balaban J connectivity index is 1.97. The third-order valence-corrected chi connectivity index (χ3v) is 3.59. The summed E-state index contributed by atoms with van der Waals surface area (Å²) in [7, 11) is 1.76. The van der Waals surface area contributed by atoms with Crippen molar-refractivity contribution in [1.82, 2.24) is 4.90 Å². The van der Waals surface area contributed by atoms with Crippen LogP contribution in [0.25, 0.3) is 0 Å². The predicted molar refractivity (Wildman–Crippen MR) is 72.7 cm³/mol. The molecule has 19 heavy (non-hydrogen) atoms. The zero-order valence-electron chi connectivity index (χ0n) is 11.6. The van der Waals surface area contributed by atoms with Crippen LogP contribution in [0, 0.1) is 5.82 Å². The van der Waals surface area contributed by atoms with E-state index >= 15 is 0 Å². The number of halogens is 1. The van der Waals surface area contributed by atoms with Gasteiger partial charge in [0.15, 0.2) is 6.23 Å². The molecule has 1 saturated heterocycles. The highest BCUT2D eigenvalue weighted by atomic mass is 19.1. The Labute approximate surface area is 114 Å². The van der Waals surface area contributed by atoms with Crippen molar-refractivity contribution in [1.29, 1.82) is 0 Å². The number of nitrogens with zero attached hydrogens (tertiary/aromatic N) is 1. The summed E-state index contributed by atoms with van der Waals surface area (Å²) >= 11 is 0. The summed E-state index contributed by atoms with van der Waals surface area (Å²) in [6.07, 6.45) is 3.46. The minimum atomic E-state index is -0.238. The van der Waals surface area contributed by atoms with Crippen LogP contribution in [0.4, 0.5) is 4.39 Å². The van der Waals surface area contributed by atoms with Crippen molar-refractivity contribution in [3.63, 3.8) is 0 Å². The van der Waals surface area contributed by atoms with Crippen LogP contribution in [-0.2, 0) is 4.74 Å². The lowest BCUT2D eigenvalue weighted by Gasteiger charge is -2.37. The lowest BCUT2D eigenvalue weighted by Crippen LogP contribution is -2.47. The number of ether oxygens (including phenoxy) is 2. The van der Waals surface area contributed by atoms with E-state index in [0.29, 0.717) is 11.9 Å². The highest BCUT2D eigenvalue weighted by molar-refractivity contribution is 5.22. The molecule has 2 rings (SSSR count). The van der Waals surface area contributed by atoms with E-state index in [9.17, 15) is 4.39 Å². The summed E-state index contributed by atoms with van der Waals surface area (Å²) in [5, 5.41) is 0. The Hall–Kier alpha value is -1.13. The van der Waals surface area contributed by atoms with Crippen molar-refractivity contribution >= 4 is 0 Å². The zero-order valence-corrected chi connectivity index (χ0v) is 11.6. The van der Waals surface area contributed by atoms with E-state index in [1.807, 2.05) is 0 Å². The molecule has 1 aromatic rings. The molecule has 0 aliphatic carbocycles. The van der Waals surface area contributed by atoms with E-state index in [4.69, 9.17) is 9.47 Å². The van der Waals surface area contributed by atoms with Crippen LogP contribution >= 0.6 is 0 Å². The number of rotatable bonds is 5. The van der Waals surface area contributed by atoms with Gasteiger partial charge in [0.25, 0.3) is 0 Å². The van der Waals surface area contributed by atoms with Gasteiger partial charge in [0.1, 0.15) is 11.6 Å². The van der Waals surface area contributed by atoms with Crippen molar-refractivity contribution in [2.45, 2.75) is 38.5 Å². The average molecular weight is 267 g/mol. The minimum Gasteiger partial charge on any atom is -0.475 e. The number of benzene rings is 1. The second kappa shape index (κ2) is 6.87. The van der Waals surface area contributed by atoms with E-state index in [1.165, 1.54) is 12.1 Å². The molecule has 4 heteroatoms. The molecule has 0 N–H and O–H groups in total. The second-order valence-electron chi connectivity index (χ2n) is 4.93. The van der Waals surface area contributed by atoms with Crippen LogP contribution in [0.5, 0.6) is 5.75 Å². The van der Waals surface area contributed by atoms with Crippen LogP contribution in [0.3, 0.4) is 0 Å². The third kappa shape index (κ3) is 3.91. The topological polar surface area (TPSA) is 21.7 Å². The van der Waals surface area contributed by atoms with Gasteiger partial charge in [0, 0.05) is 20.2 Å². The number of piperidine rings is 1. The van der Waals surface area contributed by atoms with Crippen molar-refractivity contribution in [3.8, 4) is 5.75 Å². The van der Waals surface area contributed by atoms with Gasteiger partial charge >= 0.3 is 0 Å². The lowest BCUT2D eigenvalue weighted by molar-refractivity contribution is -0.0432. The van der Waals surface area contributed by atoms with Crippen molar-refractivity contribution in [2.24, 2.45) is 0 Å². The van der Waals surface area contributed by atoms with Crippen LogP contribution in [0.2, 0.25) is 0 Å². The fourth-order valence-electron chi connectivity index (χ4n) is 2.51. The maximum atomic E-state index is 12.9. The monoisotopic (exact) mass is 267 g/mol. The summed E-state index contributed by atoms with van der Waals surface area (Å²) in [5.74, 6) is 0.477. The molecule has 2 unspecified atom stereocenters. The van der Waals surface area contributed by atoms with Gasteiger partial charge in [-0.25, -0.2) is 4.39 Å². The SMILES string of the molecule is CCC(Oc1ccc(F)cc1)N1CCCC(OC)C1. The highest BCUT2D eigenvalue weighted by Crippen LogP contribution is 2.20. The van der Waals surface area contributed by atoms with Crippen molar-refractivity contribution in [2.75, 3.05) is 20.2 Å². The van der Waals surface area contributed by atoms with E-state index in [-0.39, 0.29) is 12.0 Å². The molecule has 0 bridgehead atoms. The molecule has 1 fully saturated rings. The number of hydrogen-bond donors (Lipinski definition) is 0. The van der Waals surface area contributed by atoms with E-state index < -0.39 is 0 Å². The van der Waals surface area contributed by atoms with Gasteiger partial charge in [-0.2, -0.15) is 0 Å². The molecule has 0 spiro atoms. The first kappa shape index (κ1) is 14.3. The van der Waals surface area contributed by atoms with E-state index in [2.05, 4.69) is 11.8 Å². The van der Waals surface area contributed by atoms with Crippen molar-refractivity contribution < 1.29 is 13.9 Å². The zero-order chi connectivity index (χ0) is 13.7. The molecule has 2 atom stereocenters. The van der Waals surface area contributed by atoms with Gasteiger partial charge in [0.05, 0.1) is 6.10 Å². The highest BCUT2D eigenvalue weighted by Gasteiger charge is 2.25. The van der Waals surface area contributed by atoms with Gasteiger partial charge in [-0.15, -0.1) is 0 Å². The molecule has 0 saturated carbocycles. The number of methoxy groups -OCH3 is 1. The number of hydrogen-bond acceptors (Lipinski definition) is 3. The lowest BCUT2D eigenvalue weighted by atomic mass is 10.1. The van der Waals surface area contributed by atoms with Gasteiger partial charge in [-0.3, -0.25) is 4.90 Å². The Morgan fingerprint density at radius 2 is 2.11 bits per heavy atom. The molecule has 0 amide bonds. The smallest absolute Gasteiger partial charge is 0.152 e. The maximum Gasteiger partial charge on any atom is 0.152 e. The molecular weight excluding hydrogens is 245 g/mol. The summed E-state index contributed by atoms with van der Waals surface area (Å²) in [4.78, 5) is 2.31. The quantitative estimate of drug-likeness (QED) is 0.818. The molecule has 0 radical (unpaired) electrons. The standard InChI is InChI=1S/C15H22FNO2/c1-3-15(17-10-4-5-14(11-17)18-2)19-13-8-6-12(16)7-9-13/h6-9,14-15H,3-5,10-11H2,1-2H3. The molecule has 3 nitrogen and oxygen atoms in total. The van der Waals surface area contributed by atoms with Crippen LogP contribution < -0.4 is 4.74 Å². The van der Waals surface area contributed by atoms with Crippen LogP contribution in [-0.4, -0.2) is 37.4 Å². The van der Waals surface area contributed by atoms with Gasteiger partial charge in [0.2, 0.25) is 0 Å². The van der Waals surface area contributed by atoms with Crippen LogP contribution in [0.15, 0.2) is 24.3 Å². The van der Waals surface area contributed by atoms with E-state index in [0.717, 1.165) is 32.4 Å². The van der Waals surface area contributed by atoms with Crippen LogP contribution in [0.1, 0.15) is 26.2 Å². The molecule has 1 aliphatic heterocycles. The normalized spacial score (nSPS) is 22.2. The molecule has 106 valence electrons. The maximum absolute atomic E-state index is 12.9. The molecule has 0 aromatic heterocycles. The van der Waals surface area contributed by atoms with Gasteiger partial charge in [-0.1, -0.05) is 6.92 Å². The Morgan fingerprint density at radius 3 is 2.74 bits per heavy atom. The predicted octanol–water partition coefficient (Wildman–Crippen LogP) is 3.05. The first-order valence-electron chi connectivity index (χ1n) is 6.92. The van der Waals surface area contributed by atoms with E-state index in [1.54, 1.807) is 19.2 Å². The Morgan fingerprint density at radius 1 is 1.37 bits per heavy atom. The minimum absolute atomic E-state index is 0.0309. The van der Waals surface area contributed by atoms with Gasteiger partial charge < -0.3 is 9.47 Å². The molecular formula is C15H22FNO2.